The number of benzene rings is 3. The van der Waals surface area contributed by atoms with Gasteiger partial charge in [-0.2, -0.15) is 0 Å². The summed E-state index contributed by atoms with van der Waals surface area (Å²) in [6.07, 6.45) is 0. The van der Waals surface area contributed by atoms with Gasteiger partial charge in [-0.1, -0.05) is 35.4 Å². The zero-order chi connectivity index (χ0) is 22.6. The zero-order valence-corrected chi connectivity index (χ0v) is 18.3. The fraction of sp³-hybridized carbons (Fsp3) is 0.0909. The number of aryl methyl sites for hydroxylation is 1. The molecule has 0 atom stereocenters. The van der Waals surface area contributed by atoms with E-state index < -0.39 is 21.8 Å². The fourth-order valence-corrected chi connectivity index (χ4v) is 4.06. The van der Waals surface area contributed by atoms with Crippen molar-refractivity contribution in [3.8, 4) is 0 Å². The Morgan fingerprint density at radius 2 is 1.55 bits per heavy atom. The van der Waals surface area contributed by atoms with Crippen molar-refractivity contribution in [1.29, 1.82) is 0 Å². The molecule has 0 bridgehead atoms. The number of hydrogen-bond acceptors (Lipinski definition) is 4. The second kappa shape index (κ2) is 9.20. The molecule has 0 radical (unpaired) electrons. The molecule has 3 aromatic carbocycles. The molecule has 3 aromatic rings. The van der Waals surface area contributed by atoms with Gasteiger partial charge in [0.25, 0.3) is 21.8 Å². The monoisotopic (exact) mass is 457 g/mol. The molecular weight excluding hydrogens is 438 g/mol. The molecule has 0 spiro atoms. The first-order valence-electron chi connectivity index (χ1n) is 9.22. The van der Waals surface area contributed by atoms with Crippen molar-refractivity contribution in [2.45, 2.75) is 11.8 Å². The summed E-state index contributed by atoms with van der Waals surface area (Å²) in [5, 5.41) is 5.36. The van der Waals surface area contributed by atoms with Crippen LogP contribution in [0.15, 0.2) is 71.6 Å². The van der Waals surface area contributed by atoms with E-state index in [2.05, 4.69) is 15.4 Å². The lowest BCUT2D eigenvalue weighted by Crippen LogP contribution is -2.19. The number of hydrogen-bond donors (Lipinski definition) is 3. The second-order valence-corrected chi connectivity index (χ2v) is 8.82. The number of amides is 2. The molecule has 3 rings (SSSR count). The van der Waals surface area contributed by atoms with E-state index in [9.17, 15) is 18.0 Å². The summed E-state index contributed by atoms with van der Waals surface area (Å²) < 4.78 is 27.9. The number of anilines is 2. The van der Waals surface area contributed by atoms with Gasteiger partial charge in [0.2, 0.25) is 0 Å². The predicted octanol–water partition coefficient (Wildman–Crippen LogP) is 4.06. The fourth-order valence-electron chi connectivity index (χ4n) is 2.76. The predicted molar refractivity (Wildman–Crippen MR) is 121 cm³/mol. The van der Waals surface area contributed by atoms with Crippen molar-refractivity contribution in [2.75, 3.05) is 17.1 Å². The van der Waals surface area contributed by atoms with Crippen LogP contribution < -0.4 is 15.4 Å². The van der Waals surface area contributed by atoms with Crippen molar-refractivity contribution in [3.05, 3.63) is 88.4 Å². The molecule has 160 valence electrons. The summed E-state index contributed by atoms with van der Waals surface area (Å²) in [6, 6.07) is 17.1. The average Bonchev–Trinajstić information content (AvgIpc) is 2.76. The Balaban J connectivity index is 1.82. The van der Waals surface area contributed by atoms with Gasteiger partial charge in [0, 0.05) is 24.0 Å². The van der Waals surface area contributed by atoms with Crippen LogP contribution in [0.2, 0.25) is 5.02 Å². The Labute approximate surface area is 185 Å². The highest BCUT2D eigenvalue weighted by molar-refractivity contribution is 7.92. The van der Waals surface area contributed by atoms with Crippen molar-refractivity contribution in [2.24, 2.45) is 0 Å². The minimum atomic E-state index is -3.88. The summed E-state index contributed by atoms with van der Waals surface area (Å²) in [4.78, 5) is 24.5. The third kappa shape index (κ3) is 5.42. The second-order valence-electron chi connectivity index (χ2n) is 6.73. The van der Waals surface area contributed by atoms with E-state index in [4.69, 9.17) is 11.6 Å². The maximum atomic E-state index is 12.7. The molecule has 0 aliphatic carbocycles. The van der Waals surface area contributed by atoms with Crippen molar-refractivity contribution < 1.29 is 18.0 Å². The summed E-state index contributed by atoms with van der Waals surface area (Å²) in [7, 11) is -2.41. The first kappa shape index (κ1) is 22.3. The van der Waals surface area contributed by atoms with Gasteiger partial charge in [-0.15, -0.1) is 0 Å². The molecule has 0 fully saturated rings. The van der Waals surface area contributed by atoms with E-state index >= 15 is 0 Å². The van der Waals surface area contributed by atoms with Gasteiger partial charge in [0.1, 0.15) is 0 Å². The highest BCUT2D eigenvalue weighted by Crippen LogP contribution is 2.22. The topological polar surface area (TPSA) is 104 Å². The molecule has 0 saturated heterocycles. The first-order chi connectivity index (χ1) is 14.7. The van der Waals surface area contributed by atoms with Gasteiger partial charge in [-0.25, -0.2) is 8.42 Å². The van der Waals surface area contributed by atoms with E-state index in [0.717, 1.165) is 5.56 Å². The van der Waals surface area contributed by atoms with Crippen LogP contribution in [0.25, 0.3) is 0 Å². The molecule has 0 aromatic heterocycles. The van der Waals surface area contributed by atoms with Gasteiger partial charge in [-0.3, -0.25) is 14.3 Å². The minimum absolute atomic E-state index is 0.0529. The molecule has 7 nitrogen and oxygen atoms in total. The third-order valence-corrected chi connectivity index (χ3v) is 6.11. The molecule has 0 unspecified atom stereocenters. The Morgan fingerprint density at radius 1 is 0.871 bits per heavy atom. The minimum Gasteiger partial charge on any atom is -0.355 e. The van der Waals surface area contributed by atoms with E-state index in [-0.39, 0.29) is 21.0 Å². The summed E-state index contributed by atoms with van der Waals surface area (Å²) in [6.45, 7) is 1.90. The van der Waals surface area contributed by atoms with Crippen LogP contribution in [0.1, 0.15) is 26.3 Å². The molecule has 9 heteroatoms. The van der Waals surface area contributed by atoms with Crippen molar-refractivity contribution in [1.82, 2.24) is 5.32 Å². The highest BCUT2D eigenvalue weighted by Gasteiger charge is 2.17. The highest BCUT2D eigenvalue weighted by atomic mass is 35.5. The largest absolute Gasteiger partial charge is 0.355 e. The van der Waals surface area contributed by atoms with Crippen LogP contribution in [-0.2, 0) is 10.0 Å². The lowest BCUT2D eigenvalue weighted by Gasteiger charge is -2.11. The van der Waals surface area contributed by atoms with E-state index in [1.54, 1.807) is 30.3 Å². The maximum Gasteiger partial charge on any atom is 0.261 e. The van der Waals surface area contributed by atoms with Gasteiger partial charge in [0.05, 0.1) is 15.5 Å². The third-order valence-electron chi connectivity index (χ3n) is 4.41. The van der Waals surface area contributed by atoms with Crippen LogP contribution in [0.4, 0.5) is 11.4 Å². The number of carbonyl (C=O) groups excluding carboxylic acids is 2. The molecule has 0 heterocycles. The SMILES string of the molecule is CNC(=O)c1cc(NC(=O)c2cccc(S(=O)(=O)Nc3ccc(C)cc3)c2)ccc1Cl. The lowest BCUT2D eigenvalue weighted by atomic mass is 10.1. The molecule has 0 aliphatic heterocycles. The zero-order valence-electron chi connectivity index (χ0n) is 16.8. The quantitative estimate of drug-likeness (QED) is 0.519. The summed E-state index contributed by atoms with van der Waals surface area (Å²) >= 11 is 6.02. The first-order valence-corrected chi connectivity index (χ1v) is 11.1. The number of rotatable bonds is 6. The van der Waals surface area contributed by atoms with Crippen LogP contribution in [0, 0.1) is 6.92 Å². The summed E-state index contributed by atoms with van der Waals surface area (Å²) in [5.41, 5.74) is 2.12. The van der Waals surface area contributed by atoms with Crippen LogP contribution in [0.5, 0.6) is 0 Å². The van der Waals surface area contributed by atoms with Gasteiger partial charge < -0.3 is 10.6 Å². The molecule has 2 amide bonds. The van der Waals surface area contributed by atoms with Crippen LogP contribution >= 0.6 is 11.6 Å². The molecule has 31 heavy (non-hydrogen) atoms. The Hall–Kier alpha value is -3.36. The van der Waals surface area contributed by atoms with Crippen LogP contribution in [-0.4, -0.2) is 27.3 Å². The Kier molecular flexibility index (Phi) is 6.62. The maximum absolute atomic E-state index is 12.7. The Morgan fingerprint density at radius 3 is 2.23 bits per heavy atom. The van der Waals surface area contributed by atoms with Gasteiger partial charge in [0.15, 0.2) is 0 Å². The molecule has 3 N–H and O–H groups in total. The van der Waals surface area contributed by atoms with E-state index in [1.807, 2.05) is 6.92 Å². The summed E-state index contributed by atoms with van der Waals surface area (Å²) in [5.74, 6) is -0.922. The van der Waals surface area contributed by atoms with E-state index in [1.165, 1.54) is 43.4 Å². The average molecular weight is 458 g/mol. The number of carbonyl (C=O) groups is 2. The number of halogens is 1. The normalized spacial score (nSPS) is 10.9. The molecule has 0 saturated carbocycles. The van der Waals surface area contributed by atoms with Crippen molar-refractivity contribution >= 4 is 44.8 Å². The number of sulfonamides is 1. The lowest BCUT2D eigenvalue weighted by molar-refractivity contribution is 0.0961. The Bertz CT molecular complexity index is 1240. The van der Waals surface area contributed by atoms with Gasteiger partial charge >= 0.3 is 0 Å². The number of nitrogens with one attached hydrogen (secondary N) is 3. The molecular formula is C22H20ClN3O4S. The molecule has 0 aliphatic rings. The van der Waals surface area contributed by atoms with Crippen molar-refractivity contribution in [3.63, 3.8) is 0 Å². The smallest absolute Gasteiger partial charge is 0.261 e. The van der Waals surface area contributed by atoms with Gasteiger partial charge in [-0.05, 0) is 55.5 Å². The van der Waals surface area contributed by atoms with Crippen LogP contribution in [0.3, 0.4) is 0 Å². The standard InChI is InChI=1S/C22H20ClN3O4S/c1-14-6-8-16(9-7-14)26-31(29,30)18-5-3-4-15(12-18)21(27)25-17-10-11-20(23)19(13-17)22(28)24-2/h3-13,26H,1-2H3,(H,24,28)(H,25,27). The van der Waals surface area contributed by atoms with E-state index in [0.29, 0.717) is 11.4 Å².